The Kier molecular flexibility index (Phi) is 4.45. The van der Waals surface area contributed by atoms with Crippen molar-refractivity contribution >= 4 is 11.6 Å². The van der Waals surface area contributed by atoms with Gasteiger partial charge in [-0.1, -0.05) is 17.7 Å². The van der Waals surface area contributed by atoms with Crippen molar-refractivity contribution in [3.63, 3.8) is 0 Å². The summed E-state index contributed by atoms with van der Waals surface area (Å²) >= 11 is 5.87. The fourth-order valence-electron chi connectivity index (χ4n) is 1.62. The second-order valence-corrected chi connectivity index (χ2v) is 4.26. The molecule has 0 aromatic heterocycles. The summed E-state index contributed by atoms with van der Waals surface area (Å²) in [6, 6.07) is 7.42. The van der Waals surface area contributed by atoms with E-state index in [4.69, 9.17) is 21.1 Å². The van der Waals surface area contributed by atoms with Gasteiger partial charge in [0.15, 0.2) is 0 Å². The van der Waals surface area contributed by atoms with Crippen LogP contribution >= 0.6 is 11.6 Å². The van der Waals surface area contributed by atoms with Crippen LogP contribution in [0.25, 0.3) is 0 Å². The predicted octanol–water partition coefficient (Wildman–Crippen LogP) is 2.10. The van der Waals surface area contributed by atoms with E-state index in [0.29, 0.717) is 11.6 Å². The lowest BCUT2D eigenvalue weighted by molar-refractivity contribution is 0.0324. The molecule has 2 rings (SSSR count). The Morgan fingerprint density at radius 2 is 2.44 bits per heavy atom. The summed E-state index contributed by atoms with van der Waals surface area (Å²) in [6.07, 6.45) is 1.19. The minimum absolute atomic E-state index is 0.126. The summed E-state index contributed by atoms with van der Waals surface area (Å²) in [5.41, 5.74) is 0. The molecule has 0 amide bonds. The third-order valence-corrected chi connectivity index (χ3v) is 2.69. The molecule has 4 heteroatoms. The van der Waals surface area contributed by atoms with Crippen LogP contribution < -0.4 is 10.1 Å². The molecule has 1 aliphatic rings. The third kappa shape index (κ3) is 3.67. The van der Waals surface area contributed by atoms with Gasteiger partial charge < -0.3 is 14.8 Å². The molecular formula is C12H16ClNO2. The predicted molar refractivity (Wildman–Crippen MR) is 64.2 cm³/mol. The van der Waals surface area contributed by atoms with Gasteiger partial charge in [0.1, 0.15) is 18.5 Å². The van der Waals surface area contributed by atoms with Crippen LogP contribution in [0.5, 0.6) is 5.75 Å². The van der Waals surface area contributed by atoms with Crippen molar-refractivity contribution in [2.45, 2.75) is 12.5 Å². The number of hydrogen-bond acceptors (Lipinski definition) is 3. The van der Waals surface area contributed by atoms with Crippen molar-refractivity contribution in [2.75, 3.05) is 26.3 Å². The summed E-state index contributed by atoms with van der Waals surface area (Å²) in [4.78, 5) is 0. The Morgan fingerprint density at radius 3 is 3.31 bits per heavy atom. The maximum absolute atomic E-state index is 5.87. The molecule has 1 aromatic carbocycles. The molecule has 16 heavy (non-hydrogen) atoms. The molecule has 1 N–H and O–H groups in total. The second-order valence-electron chi connectivity index (χ2n) is 3.82. The van der Waals surface area contributed by atoms with E-state index >= 15 is 0 Å². The normalized spacial score (nSPS) is 21.4. The van der Waals surface area contributed by atoms with Gasteiger partial charge in [-0.15, -0.1) is 0 Å². The van der Waals surface area contributed by atoms with E-state index in [2.05, 4.69) is 5.32 Å². The third-order valence-electron chi connectivity index (χ3n) is 2.46. The lowest BCUT2D eigenvalue weighted by Crippen LogP contribution is -2.31. The molecule has 3 nitrogen and oxygen atoms in total. The van der Waals surface area contributed by atoms with Crippen LogP contribution in [0.2, 0.25) is 5.02 Å². The lowest BCUT2D eigenvalue weighted by Gasteiger charge is -2.15. The zero-order chi connectivity index (χ0) is 11.2. The SMILES string of the molecule is Clc1cccc(OCC2CNCCCO2)c1. The highest BCUT2D eigenvalue weighted by Crippen LogP contribution is 2.17. The van der Waals surface area contributed by atoms with Gasteiger partial charge in [0.25, 0.3) is 0 Å². The molecule has 1 atom stereocenters. The molecule has 1 saturated heterocycles. The Bertz CT molecular complexity index is 325. The molecule has 88 valence electrons. The van der Waals surface area contributed by atoms with Gasteiger partial charge in [-0.25, -0.2) is 0 Å². The summed E-state index contributed by atoms with van der Waals surface area (Å²) in [5.74, 6) is 0.792. The zero-order valence-electron chi connectivity index (χ0n) is 9.12. The number of ether oxygens (including phenoxy) is 2. The molecule has 0 saturated carbocycles. The first-order chi connectivity index (χ1) is 7.84. The van der Waals surface area contributed by atoms with Crippen LogP contribution in [0, 0.1) is 0 Å². The number of hydrogen-bond donors (Lipinski definition) is 1. The summed E-state index contributed by atoms with van der Waals surface area (Å²) in [6.45, 7) is 3.23. The van der Waals surface area contributed by atoms with Crippen molar-refractivity contribution in [3.05, 3.63) is 29.3 Å². The molecule has 1 heterocycles. The van der Waals surface area contributed by atoms with Gasteiger partial charge >= 0.3 is 0 Å². The van der Waals surface area contributed by atoms with Crippen LogP contribution in [0.4, 0.5) is 0 Å². The average molecular weight is 242 g/mol. The Balaban J connectivity index is 1.81. The van der Waals surface area contributed by atoms with Gasteiger partial charge in [0, 0.05) is 18.2 Å². The molecule has 0 spiro atoms. The molecule has 0 aliphatic carbocycles. The molecule has 0 radical (unpaired) electrons. The minimum Gasteiger partial charge on any atom is -0.491 e. The van der Waals surface area contributed by atoms with Gasteiger partial charge in [-0.3, -0.25) is 0 Å². The van der Waals surface area contributed by atoms with Crippen LogP contribution in [-0.4, -0.2) is 32.4 Å². The minimum atomic E-state index is 0.126. The Hall–Kier alpha value is -0.770. The van der Waals surface area contributed by atoms with E-state index in [-0.39, 0.29) is 6.10 Å². The standard InChI is InChI=1S/C12H16ClNO2/c13-10-3-1-4-11(7-10)16-9-12-8-14-5-2-6-15-12/h1,3-4,7,12,14H,2,5-6,8-9H2. The molecular weight excluding hydrogens is 226 g/mol. The van der Waals surface area contributed by atoms with E-state index in [1.807, 2.05) is 24.3 Å². The number of rotatable bonds is 3. The van der Waals surface area contributed by atoms with Crippen molar-refractivity contribution in [1.29, 1.82) is 0 Å². The van der Waals surface area contributed by atoms with Crippen molar-refractivity contribution < 1.29 is 9.47 Å². The smallest absolute Gasteiger partial charge is 0.120 e. The summed E-state index contributed by atoms with van der Waals surface area (Å²) in [7, 11) is 0. The quantitative estimate of drug-likeness (QED) is 0.879. The highest BCUT2D eigenvalue weighted by Gasteiger charge is 2.12. The van der Waals surface area contributed by atoms with E-state index in [9.17, 15) is 0 Å². The topological polar surface area (TPSA) is 30.5 Å². The summed E-state index contributed by atoms with van der Waals surface area (Å²) in [5, 5.41) is 4.01. The fraction of sp³-hybridized carbons (Fsp3) is 0.500. The maximum atomic E-state index is 5.87. The lowest BCUT2D eigenvalue weighted by atomic mass is 10.3. The van der Waals surface area contributed by atoms with Crippen LogP contribution in [0.3, 0.4) is 0 Å². The summed E-state index contributed by atoms with van der Waals surface area (Å²) < 4.78 is 11.3. The Labute approximate surface area is 101 Å². The fourth-order valence-corrected chi connectivity index (χ4v) is 1.80. The van der Waals surface area contributed by atoms with Gasteiger partial charge in [-0.05, 0) is 31.2 Å². The van der Waals surface area contributed by atoms with E-state index < -0.39 is 0 Å². The Morgan fingerprint density at radius 1 is 1.50 bits per heavy atom. The van der Waals surface area contributed by atoms with Crippen molar-refractivity contribution in [2.24, 2.45) is 0 Å². The first kappa shape index (κ1) is 11.7. The number of benzene rings is 1. The molecule has 1 fully saturated rings. The van der Waals surface area contributed by atoms with Gasteiger partial charge in [0.05, 0.1) is 0 Å². The van der Waals surface area contributed by atoms with Crippen LogP contribution in [0.15, 0.2) is 24.3 Å². The molecule has 1 aliphatic heterocycles. The second kappa shape index (κ2) is 6.09. The zero-order valence-corrected chi connectivity index (χ0v) is 9.87. The van der Waals surface area contributed by atoms with Crippen molar-refractivity contribution in [3.8, 4) is 5.75 Å². The first-order valence-electron chi connectivity index (χ1n) is 5.55. The van der Waals surface area contributed by atoms with Crippen LogP contribution in [-0.2, 0) is 4.74 Å². The van der Waals surface area contributed by atoms with Gasteiger partial charge in [0.2, 0.25) is 0 Å². The van der Waals surface area contributed by atoms with E-state index in [1.165, 1.54) is 0 Å². The number of halogens is 1. The largest absolute Gasteiger partial charge is 0.491 e. The first-order valence-corrected chi connectivity index (χ1v) is 5.93. The number of nitrogens with one attached hydrogen (secondary N) is 1. The van der Waals surface area contributed by atoms with Crippen LogP contribution in [0.1, 0.15) is 6.42 Å². The monoisotopic (exact) mass is 241 g/mol. The molecule has 1 aromatic rings. The maximum Gasteiger partial charge on any atom is 0.120 e. The highest BCUT2D eigenvalue weighted by atomic mass is 35.5. The highest BCUT2D eigenvalue weighted by molar-refractivity contribution is 6.30. The van der Waals surface area contributed by atoms with Gasteiger partial charge in [-0.2, -0.15) is 0 Å². The average Bonchev–Trinajstić information content (AvgIpc) is 2.55. The van der Waals surface area contributed by atoms with Crippen molar-refractivity contribution in [1.82, 2.24) is 5.32 Å². The molecule has 1 unspecified atom stereocenters. The van der Waals surface area contributed by atoms with E-state index in [1.54, 1.807) is 0 Å². The molecule has 0 bridgehead atoms. The van der Waals surface area contributed by atoms with E-state index in [0.717, 1.165) is 31.9 Å².